The van der Waals surface area contributed by atoms with Gasteiger partial charge in [-0.2, -0.15) is 0 Å². The topological polar surface area (TPSA) is 113 Å². The molecule has 1 aliphatic carbocycles. The molecule has 8 nitrogen and oxygen atoms in total. The summed E-state index contributed by atoms with van der Waals surface area (Å²) in [5.41, 5.74) is 2.85. The summed E-state index contributed by atoms with van der Waals surface area (Å²) in [4.78, 5) is 42.9. The normalized spacial score (nSPS) is 17.7. The zero-order chi connectivity index (χ0) is 23.1. The molecule has 172 valence electrons. The number of hydrogen-bond acceptors (Lipinski definition) is 6. The third-order valence-corrected chi connectivity index (χ3v) is 6.79. The van der Waals surface area contributed by atoms with Gasteiger partial charge >= 0.3 is 5.97 Å². The summed E-state index contributed by atoms with van der Waals surface area (Å²) < 4.78 is 4.76. The van der Waals surface area contributed by atoms with Gasteiger partial charge in [-0.3, -0.25) is 14.4 Å². The number of nitrogens with zero attached hydrogens (tertiary/aromatic N) is 2. The first kappa shape index (κ1) is 23.7. The predicted molar refractivity (Wildman–Crippen MR) is 121 cm³/mol. The Morgan fingerprint density at radius 3 is 2.56 bits per heavy atom. The zero-order valence-corrected chi connectivity index (χ0v) is 18.7. The van der Waals surface area contributed by atoms with E-state index in [9.17, 15) is 9.59 Å². The van der Waals surface area contributed by atoms with E-state index < -0.39 is 0 Å². The lowest BCUT2D eigenvalue weighted by atomic mass is 9.75. The van der Waals surface area contributed by atoms with Crippen LogP contribution in [0.5, 0.6) is 0 Å². The summed E-state index contributed by atoms with van der Waals surface area (Å²) in [6, 6.07) is 10.2. The molecule has 1 saturated heterocycles. The highest BCUT2D eigenvalue weighted by Crippen LogP contribution is 2.45. The highest BCUT2D eigenvalue weighted by atomic mass is 16.5. The van der Waals surface area contributed by atoms with Crippen LogP contribution in [-0.2, 0) is 26.2 Å². The molecule has 2 heterocycles. The molecule has 1 aromatic carbocycles. The Kier molecular flexibility index (Phi) is 7.80. The van der Waals surface area contributed by atoms with Crippen LogP contribution in [0.4, 0.5) is 0 Å². The number of esters is 1. The highest BCUT2D eigenvalue weighted by Gasteiger charge is 2.44. The lowest BCUT2D eigenvalue weighted by Crippen LogP contribution is -2.46. The van der Waals surface area contributed by atoms with Gasteiger partial charge in [0, 0.05) is 29.0 Å². The van der Waals surface area contributed by atoms with E-state index in [0.29, 0.717) is 18.3 Å². The fourth-order valence-corrected chi connectivity index (χ4v) is 4.87. The second kappa shape index (κ2) is 10.5. The number of methoxy groups -OCH3 is 1. The van der Waals surface area contributed by atoms with E-state index in [4.69, 9.17) is 19.6 Å². The molecule has 1 fully saturated rings. The van der Waals surface area contributed by atoms with E-state index in [2.05, 4.69) is 16.8 Å². The SMILES string of the molecule is COC(=O)CCC(C)N1CCC2(CCc3c2nc(-c2ccccc2)[nH]c3=O)CC1.O=CO. The minimum Gasteiger partial charge on any atom is -0.483 e. The lowest BCUT2D eigenvalue weighted by Gasteiger charge is -2.42. The standard InChI is InChI=1S/C23H29N3O3.CH2O2/c1-16(8-9-19(27)29-2)26-14-12-23(13-15-26)11-10-18-20(23)24-21(25-22(18)28)17-6-4-3-5-7-17;2-1-3/h3-7,16H,8-15H2,1-2H3,(H,24,25,28);1H,(H,2,3). The van der Waals surface area contributed by atoms with E-state index in [1.807, 2.05) is 30.3 Å². The number of H-pyrrole nitrogens is 1. The molecule has 0 saturated carbocycles. The number of carboxylic acid groups (broad SMARTS) is 1. The van der Waals surface area contributed by atoms with Crippen LogP contribution in [0.25, 0.3) is 11.4 Å². The maximum Gasteiger partial charge on any atom is 0.305 e. The van der Waals surface area contributed by atoms with Crippen LogP contribution in [0.15, 0.2) is 35.1 Å². The van der Waals surface area contributed by atoms with Crippen LogP contribution < -0.4 is 5.56 Å². The van der Waals surface area contributed by atoms with Gasteiger partial charge in [0.2, 0.25) is 0 Å². The number of likely N-dealkylation sites (tertiary alicyclic amines) is 1. The highest BCUT2D eigenvalue weighted by molar-refractivity contribution is 5.69. The molecule has 4 rings (SSSR count). The molecule has 0 radical (unpaired) electrons. The summed E-state index contributed by atoms with van der Waals surface area (Å²) in [6.07, 6.45) is 5.10. The molecule has 1 aromatic heterocycles. The monoisotopic (exact) mass is 441 g/mol. The molecule has 1 atom stereocenters. The average Bonchev–Trinajstić information content (AvgIpc) is 3.17. The number of nitrogens with one attached hydrogen (secondary N) is 1. The van der Waals surface area contributed by atoms with E-state index >= 15 is 0 Å². The molecular weight excluding hydrogens is 410 g/mol. The summed E-state index contributed by atoms with van der Waals surface area (Å²) in [5.74, 6) is 0.524. The molecule has 0 bridgehead atoms. The average molecular weight is 442 g/mol. The molecule has 2 aromatic rings. The third-order valence-electron chi connectivity index (χ3n) is 6.79. The molecule has 2 aliphatic rings. The van der Waals surface area contributed by atoms with Crippen molar-refractivity contribution < 1.29 is 19.4 Å². The number of benzene rings is 1. The number of aromatic amines is 1. The van der Waals surface area contributed by atoms with Crippen molar-refractivity contribution in [3.63, 3.8) is 0 Å². The smallest absolute Gasteiger partial charge is 0.305 e. The summed E-state index contributed by atoms with van der Waals surface area (Å²) in [7, 11) is 1.44. The summed E-state index contributed by atoms with van der Waals surface area (Å²) in [6.45, 7) is 3.87. The minimum absolute atomic E-state index is 0.00565. The quantitative estimate of drug-likeness (QED) is 0.542. The van der Waals surface area contributed by atoms with Crippen LogP contribution in [-0.4, -0.2) is 58.7 Å². The number of hydrogen-bond donors (Lipinski definition) is 2. The van der Waals surface area contributed by atoms with Crippen LogP contribution in [0.1, 0.15) is 50.3 Å². The fourth-order valence-electron chi connectivity index (χ4n) is 4.87. The van der Waals surface area contributed by atoms with Gasteiger partial charge in [-0.1, -0.05) is 30.3 Å². The van der Waals surface area contributed by atoms with Crippen molar-refractivity contribution in [1.82, 2.24) is 14.9 Å². The Morgan fingerprint density at radius 2 is 1.94 bits per heavy atom. The van der Waals surface area contributed by atoms with Crippen LogP contribution >= 0.6 is 0 Å². The van der Waals surface area contributed by atoms with Gasteiger partial charge in [0.05, 0.1) is 12.8 Å². The first-order valence-corrected chi connectivity index (χ1v) is 11.0. The van der Waals surface area contributed by atoms with Gasteiger partial charge in [-0.05, 0) is 52.1 Å². The number of rotatable bonds is 5. The van der Waals surface area contributed by atoms with Crippen molar-refractivity contribution in [3.05, 3.63) is 51.9 Å². The van der Waals surface area contributed by atoms with Gasteiger partial charge in [-0.15, -0.1) is 0 Å². The van der Waals surface area contributed by atoms with E-state index in [1.165, 1.54) is 7.11 Å². The fraction of sp³-hybridized carbons (Fsp3) is 0.500. The Balaban J connectivity index is 0.000000913. The van der Waals surface area contributed by atoms with Crippen molar-refractivity contribution in [2.75, 3.05) is 20.2 Å². The van der Waals surface area contributed by atoms with Gasteiger partial charge in [0.15, 0.2) is 0 Å². The van der Waals surface area contributed by atoms with E-state index in [1.54, 1.807) is 0 Å². The van der Waals surface area contributed by atoms with Crippen LogP contribution in [0.2, 0.25) is 0 Å². The Morgan fingerprint density at radius 1 is 1.28 bits per heavy atom. The molecule has 1 spiro atoms. The largest absolute Gasteiger partial charge is 0.483 e. The minimum atomic E-state index is -0.250. The number of ether oxygens (including phenoxy) is 1. The molecule has 8 heteroatoms. The molecule has 32 heavy (non-hydrogen) atoms. The predicted octanol–water partition coefficient (Wildman–Crippen LogP) is 2.76. The molecule has 1 unspecified atom stereocenters. The number of aromatic nitrogens is 2. The first-order valence-electron chi connectivity index (χ1n) is 11.0. The van der Waals surface area contributed by atoms with Crippen molar-refractivity contribution in [2.45, 2.75) is 56.9 Å². The molecule has 1 aliphatic heterocycles. The van der Waals surface area contributed by atoms with Gasteiger partial charge < -0.3 is 19.7 Å². The number of fused-ring (bicyclic) bond motifs is 2. The van der Waals surface area contributed by atoms with E-state index in [0.717, 1.165) is 62.0 Å². The van der Waals surface area contributed by atoms with Crippen molar-refractivity contribution in [3.8, 4) is 11.4 Å². The number of piperidine rings is 1. The number of carbonyl (C=O) groups excluding carboxylic acids is 1. The van der Waals surface area contributed by atoms with Gasteiger partial charge in [0.1, 0.15) is 5.82 Å². The summed E-state index contributed by atoms with van der Waals surface area (Å²) >= 11 is 0. The first-order chi connectivity index (χ1) is 15.4. The van der Waals surface area contributed by atoms with Crippen molar-refractivity contribution in [2.24, 2.45) is 0 Å². The Hall–Kier alpha value is -3.00. The third kappa shape index (κ3) is 5.07. The van der Waals surface area contributed by atoms with Crippen LogP contribution in [0.3, 0.4) is 0 Å². The maximum absolute atomic E-state index is 12.7. The van der Waals surface area contributed by atoms with E-state index in [-0.39, 0.29) is 23.4 Å². The molecular formula is C24H31N3O5. The Bertz CT molecular complexity index is 981. The van der Waals surface area contributed by atoms with Gasteiger partial charge in [-0.25, -0.2) is 4.98 Å². The van der Waals surface area contributed by atoms with Gasteiger partial charge in [0.25, 0.3) is 12.0 Å². The second-order valence-electron chi connectivity index (χ2n) is 8.49. The second-order valence-corrected chi connectivity index (χ2v) is 8.49. The maximum atomic E-state index is 12.7. The van der Waals surface area contributed by atoms with Crippen molar-refractivity contribution in [1.29, 1.82) is 0 Å². The lowest BCUT2D eigenvalue weighted by molar-refractivity contribution is -0.141. The molecule has 0 amide bonds. The Labute approximate surface area is 187 Å². The summed E-state index contributed by atoms with van der Waals surface area (Å²) in [5, 5.41) is 6.89. The van der Waals surface area contributed by atoms with Crippen LogP contribution in [0, 0.1) is 0 Å². The zero-order valence-electron chi connectivity index (χ0n) is 18.7. The van der Waals surface area contributed by atoms with Crippen molar-refractivity contribution >= 4 is 12.4 Å². The molecule has 2 N–H and O–H groups in total. The number of carbonyl (C=O) groups is 2.